The Kier molecular flexibility index (Phi) is 11.2. The zero-order valence-corrected chi connectivity index (χ0v) is 20.4. The summed E-state index contributed by atoms with van der Waals surface area (Å²) in [4.78, 5) is 35.8. The number of nitrogens with zero attached hydrogens (tertiary/aromatic N) is 1. The Morgan fingerprint density at radius 3 is 2.57 bits per heavy atom. The van der Waals surface area contributed by atoms with E-state index in [0.717, 1.165) is 5.56 Å². The van der Waals surface area contributed by atoms with Gasteiger partial charge in [-0.2, -0.15) is 5.10 Å². The van der Waals surface area contributed by atoms with Gasteiger partial charge in [0.15, 0.2) is 18.1 Å². The van der Waals surface area contributed by atoms with E-state index in [1.807, 2.05) is 39.0 Å². The van der Waals surface area contributed by atoms with Crippen LogP contribution >= 0.6 is 0 Å². The van der Waals surface area contributed by atoms with Crippen LogP contribution in [0, 0.1) is 6.92 Å². The first kappa shape index (κ1) is 27.3. The highest BCUT2D eigenvalue weighted by Gasteiger charge is 2.12. The Morgan fingerprint density at radius 1 is 1.06 bits per heavy atom. The lowest BCUT2D eigenvalue weighted by molar-refractivity contribution is -0.139. The Hall–Kier alpha value is -3.92. The summed E-state index contributed by atoms with van der Waals surface area (Å²) in [6.07, 6.45) is 2.08. The number of carbonyl (C=O) groups is 3. The molecule has 10 nitrogen and oxygen atoms in total. The fourth-order valence-electron chi connectivity index (χ4n) is 2.84. The highest BCUT2D eigenvalue weighted by Crippen LogP contribution is 2.27. The summed E-state index contributed by atoms with van der Waals surface area (Å²) in [5.74, 6) is -1.22. The molecule has 2 rings (SSSR count). The molecule has 0 aromatic heterocycles. The largest absolute Gasteiger partial charge is 0.493 e. The summed E-state index contributed by atoms with van der Waals surface area (Å²) in [6, 6.07) is 12.4. The van der Waals surface area contributed by atoms with Crippen LogP contribution in [0.3, 0.4) is 0 Å². The zero-order valence-electron chi connectivity index (χ0n) is 20.4. The third kappa shape index (κ3) is 10.3. The standard InChI is InChI=1S/C25H32N4O6/c1-17(2)34-12-6-11-26-24(31)25(32)29-27-15-19-9-10-21(22(14-19)33-4)35-16-23(30)28-20-8-5-7-18(3)13-20/h5,7-10,13-15,17H,6,11-12,16H2,1-4H3,(H,26,31)(H,28,30)(H,29,32)/b27-15-. The van der Waals surface area contributed by atoms with Gasteiger partial charge in [-0.05, 0) is 68.7 Å². The first-order valence-electron chi connectivity index (χ1n) is 11.2. The lowest BCUT2D eigenvalue weighted by atomic mass is 10.2. The van der Waals surface area contributed by atoms with Crippen molar-refractivity contribution in [1.29, 1.82) is 0 Å². The lowest BCUT2D eigenvalue weighted by Crippen LogP contribution is -2.38. The second-order valence-corrected chi connectivity index (χ2v) is 7.84. The average Bonchev–Trinajstić information content (AvgIpc) is 2.82. The number of hydrazone groups is 1. The van der Waals surface area contributed by atoms with Crippen LogP contribution in [0.5, 0.6) is 11.5 Å². The van der Waals surface area contributed by atoms with Gasteiger partial charge in [-0.1, -0.05) is 12.1 Å². The smallest absolute Gasteiger partial charge is 0.329 e. The molecule has 0 aliphatic rings. The summed E-state index contributed by atoms with van der Waals surface area (Å²) in [7, 11) is 1.47. The van der Waals surface area contributed by atoms with Gasteiger partial charge in [-0.15, -0.1) is 0 Å². The van der Waals surface area contributed by atoms with Gasteiger partial charge in [0.2, 0.25) is 0 Å². The Bertz CT molecular complexity index is 1040. The number of hydrogen-bond acceptors (Lipinski definition) is 7. The van der Waals surface area contributed by atoms with Crippen molar-refractivity contribution in [2.45, 2.75) is 33.3 Å². The van der Waals surface area contributed by atoms with Crippen LogP contribution < -0.4 is 25.5 Å². The molecule has 10 heteroatoms. The second-order valence-electron chi connectivity index (χ2n) is 7.84. The minimum atomic E-state index is -0.877. The molecule has 0 bridgehead atoms. The van der Waals surface area contributed by atoms with Crippen LogP contribution in [0.4, 0.5) is 5.69 Å². The van der Waals surface area contributed by atoms with Gasteiger partial charge in [0, 0.05) is 18.8 Å². The van der Waals surface area contributed by atoms with Crippen LogP contribution in [0.1, 0.15) is 31.4 Å². The van der Waals surface area contributed by atoms with Gasteiger partial charge in [-0.25, -0.2) is 5.43 Å². The molecule has 35 heavy (non-hydrogen) atoms. The molecule has 2 aromatic carbocycles. The van der Waals surface area contributed by atoms with E-state index in [-0.39, 0.29) is 18.6 Å². The molecule has 0 radical (unpaired) electrons. The summed E-state index contributed by atoms with van der Waals surface area (Å²) >= 11 is 0. The van der Waals surface area contributed by atoms with Crippen LogP contribution in [-0.2, 0) is 19.1 Å². The number of ether oxygens (including phenoxy) is 3. The molecule has 188 valence electrons. The van der Waals surface area contributed by atoms with Crippen LogP contribution in [-0.4, -0.2) is 56.9 Å². The first-order valence-corrected chi connectivity index (χ1v) is 11.2. The predicted octanol–water partition coefficient (Wildman–Crippen LogP) is 2.40. The SMILES string of the molecule is COc1cc(/C=N\NC(=O)C(=O)NCCCOC(C)C)ccc1OCC(=O)Nc1cccc(C)c1. The van der Waals surface area contributed by atoms with E-state index in [0.29, 0.717) is 42.3 Å². The first-order chi connectivity index (χ1) is 16.8. The van der Waals surface area contributed by atoms with Gasteiger partial charge < -0.3 is 24.8 Å². The van der Waals surface area contributed by atoms with Crippen LogP contribution in [0.15, 0.2) is 47.6 Å². The number of aryl methyl sites for hydroxylation is 1. The third-order valence-electron chi connectivity index (χ3n) is 4.49. The van der Waals surface area contributed by atoms with Crippen LogP contribution in [0.2, 0.25) is 0 Å². The maximum absolute atomic E-state index is 12.2. The number of amides is 3. The number of rotatable bonds is 12. The van der Waals surface area contributed by atoms with Crippen LogP contribution in [0.25, 0.3) is 0 Å². The summed E-state index contributed by atoms with van der Waals surface area (Å²) in [6.45, 7) is 6.40. The molecule has 0 heterocycles. The molecule has 3 amide bonds. The van der Waals surface area contributed by atoms with Gasteiger partial charge in [0.05, 0.1) is 19.4 Å². The fraction of sp³-hybridized carbons (Fsp3) is 0.360. The third-order valence-corrected chi connectivity index (χ3v) is 4.49. The quantitative estimate of drug-likeness (QED) is 0.184. The van der Waals surface area contributed by atoms with Gasteiger partial charge in [-0.3, -0.25) is 14.4 Å². The number of carbonyl (C=O) groups excluding carboxylic acids is 3. The van der Waals surface area contributed by atoms with E-state index in [1.54, 1.807) is 24.3 Å². The second kappa shape index (κ2) is 14.4. The van der Waals surface area contributed by atoms with Crippen molar-refractivity contribution in [3.05, 3.63) is 53.6 Å². The average molecular weight is 485 g/mol. The van der Waals surface area contributed by atoms with Crippen molar-refractivity contribution in [3.63, 3.8) is 0 Å². The summed E-state index contributed by atoms with van der Waals surface area (Å²) in [5.41, 5.74) is 4.48. The van der Waals surface area contributed by atoms with E-state index >= 15 is 0 Å². The number of hydrogen-bond donors (Lipinski definition) is 3. The zero-order chi connectivity index (χ0) is 25.6. The summed E-state index contributed by atoms with van der Waals surface area (Å²) in [5, 5.41) is 9.06. The predicted molar refractivity (Wildman–Crippen MR) is 133 cm³/mol. The van der Waals surface area contributed by atoms with Gasteiger partial charge >= 0.3 is 11.8 Å². The van der Waals surface area contributed by atoms with E-state index in [1.165, 1.54) is 13.3 Å². The molecular formula is C25H32N4O6. The highest BCUT2D eigenvalue weighted by atomic mass is 16.5. The van der Waals surface area contributed by atoms with Crippen molar-refractivity contribution in [1.82, 2.24) is 10.7 Å². The number of methoxy groups -OCH3 is 1. The van der Waals surface area contributed by atoms with Crippen molar-refractivity contribution in [3.8, 4) is 11.5 Å². The number of benzene rings is 2. The number of anilines is 1. The number of nitrogens with one attached hydrogen (secondary N) is 3. The molecule has 2 aromatic rings. The monoisotopic (exact) mass is 484 g/mol. The molecule has 0 unspecified atom stereocenters. The normalized spacial score (nSPS) is 10.8. The van der Waals surface area contributed by atoms with E-state index < -0.39 is 11.8 Å². The van der Waals surface area contributed by atoms with Gasteiger partial charge in [0.1, 0.15) is 0 Å². The van der Waals surface area contributed by atoms with Crippen molar-refractivity contribution >= 4 is 29.6 Å². The highest BCUT2D eigenvalue weighted by molar-refractivity contribution is 6.35. The molecule has 0 saturated carbocycles. The molecule has 3 N–H and O–H groups in total. The minimum Gasteiger partial charge on any atom is -0.493 e. The van der Waals surface area contributed by atoms with Crippen molar-refractivity contribution in [2.75, 3.05) is 32.2 Å². The maximum atomic E-state index is 12.2. The Balaban J connectivity index is 1.81. The minimum absolute atomic E-state index is 0.117. The molecule has 0 saturated heterocycles. The van der Waals surface area contributed by atoms with Crippen molar-refractivity contribution < 1.29 is 28.6 Å². The van der Waals surface area contributed by atoms with Gasteiger partial charge in [0.25, 0.3) is 5.91 Å². The van der Waals surface area contributed by atoms with E-state index in [4.69, 9.17) is 14.2 Å². The molecule has 0 atom stereocenters. The molecule has 0 fully saturated rings. The van der Waals surface area contributed by atoms with Crippen molar-refractivity contribution in [2.24, 2.45) is 5.10 Å². The fourth-order valence-corrected chi connectivity index (χ4v) is 2.84. The summed E-state index contributed by atoms with van der Waals surface area (Å²) < 4.78 is 16.3. The molecule has 0 spiro atoms. The molecule has 0 aliphatic carbocycles. The lowest BCUT2D eigenvalue weighted by Gasteiger charge is -2.11. The Labute approximate surface area is 205 Å². The van der Waals surface area contributed by atoms with E-state index in [9.17, 15) is 14.4 Å². The topological polar surface area (TPSA) is 127 Å². The maximum Gasteiger partial charge on any atom is 0.329 e. The van der Waals surface area contributed by atoms with E-state index in [2.05, 4.69) is 21.2 Å². The Morgan fingerprint density at radius 2 is 1.86 bits per heavy atom. The molecular weight excluding hydrogens is 452 g/mol. The molecule has 0 aliphatic heterocycles.